The second-order valence-corrected chi connectivity index (χ2v) is 9.62. The molecule has 3 rings (SSSR count). The Morgan fingerprint density at radius 2 is 1.90 bits per heavy atom. The number of likely N-dealkylation sites (tertiary alicyclic amines) is 1. The van der Waals surface area contributed by atoms with Crippen LogP contribution in [0.5, 0.6) is 5.75 Å². The zero-order valence-electron chi connectivity index (χ0n) is 18.0. The number of nitrogens with zero attached hydrogens (tertiary/aromatic N) is 3. The lowest BCUT2D eigenvalue weighted by Crippen LogP contribution is -2.39. The number of hydrogen-bond acceptors (Lipinski definition) is 4. The molecular weight excluding hydrogens is 400 g/mol. The summed E-state index contributed by atoms with van der Waals surface area (Å²) in [6.45, 7) is 2.15. The Morgan fingerprint density at radius 1 is 1.20 bits per heavy atom. The second-order valence-electron chi connectivity index (χ2n) is 7.50. The second kappa shape index (κ2) is 9.49. The number of benzene rings is 2. The third-order valence-corrected chi connectivity index (χ3v) is 7.37. The Labute approximate surface area is 179 Å². The molecule has 0 radical (unpaired) electrons. The SMILES string of the molecule is CN=C(NCc1ccccc1S(=O)(=O)N(C)C)N1CCC(c2ccc(OC)cc2)C1. The highest BCUT2D eigenvalue weighted by Crippen LogP contribution is 2.28. The maximum absolute atomic E-state index is 12.6. The van der Waals surface area contributed by atoms with Crippen LogP contribution in [0.15, 0.2) is 58.4 Å². The highest BCUT2D eigenvalue weighted by molar-refractivity contribution is 7.89. The molecule has 1 fully saturated rings. The average molecular weight is 431 g/mol. The van der Waals surface area contributed by atoms with Crippen LogP contribution < -0.4 is 10.1 Å². The minimum atomic E-state index is -3.50. The first-order valence-corrected chi connectivity index (χ1v) is 11.4. The number of guanidine groups is 1. The molecule has 8 heteroatoms. The lowest BCUT2D eigenvalue weighted by Gasteiger charge is -2.23. The van der Waals surface area contributed by atoms with Crippen LogP contribution in [0.2, 0.25) is 0 Å². The first kappa shape index (κ1) is 22.1. The van der Waals surface area contributed by atoms with Gasteiger partial charge in [-0.05, 0) is 35.7 Å². The van der Waals surface area contributed by atoms with Crippen molar-refractivity contribution in [3.8, 4) is 5.75 Å². The van der Waals surface area contributed by atoms with Crippen molar-refractivity contribution >= 4 is 16.0 Å². The largest absolute Gasteiger partial charge is 0.497 e. The highest BCUT2D eigenvalue weighted by atomic mass is 32.2. The van der Waals surface area contributed by atoms with E-state index < -0.39 is 10.0 Å². The van der Waals surface area contributed by atoms with Crippen molar-refractivity contribution in [1.29, 1.82) is 0 Å². The van der Waals surface area contributed by atoms with Gasteiger partial charge in [-0.1, -0.05) is 30.3 Å². The monoisotopic (exact) mass is 430 g/mol. The Bertz CT molecular complexity index is 988. The Balaban J connectivity index is 1.68. The van der Waals surface area contributed by atoms with Gasteiger partial charge in [-0.2, -0.15) is 0 Å². The zero-order valence-corrected chi connectivity index (χ0v) is 18.8. The number of methoxy groups -OCH3 is 1. The molecule has 0 bridgehead atoms. The average Bonchev–Trinajstić information content (AvgIpc) is 3.24. The third-order valence-electron chi connectivity index (χ3n) is 5.45. The summed E-state index contributed by atoms with van der Waals surface area (Å²) < 4.78 is 31.7. The zero-order chi connectivity index (χ0) is 21.7. The number of rotatable bonds is 6. The van der Waals surface area contributed by atoms with E-state index in [1.54, 1.807) is 40.4 Å². The standard InChI is InChI=1S/C22H30N4O3S/c1-23-22(24-15-18-7-5-6-8-21(18)30(27,28)25(2)3)26-14-13-19(16-26)17-9-11-20(29-4)12-10-17/h5-12,19H,13-16H2,1-4H3,(H,23,24). The van der Waals surface area contributed by atoms with Gasteiger partial charge in [0.25, 0.3) is 0 Å². The molecule has 2 aromatic rings. The van der Waals surface area contributed by atoms with Crippen molar-refractivity contribution in [1.82, 2.24) is 14.5 Å². The van der Waals surface area contributed by atoms with Gasteiger partial charge in [-0.3, -0.25) is 4.99 Å². The van der Waals surface area contributed by atoms with E-state index in [1.165, 1.54) is 9.87 Å². The molecule has 1 aliphatic rings. The van der Waals surface area contributed by atoms with Crippen LogP contribution >= 0.6 is 0 Å². The molecule has 0 aromatic heterocycles. The van der Waals surface area contributed by atoms with Crippen molar-refractivity contribution in [3.05, 3.63) is 59.7 Å². The molecule has 1 saturated heterocycles. The molecule has 1 N–H and O–H groups in total. The van der Waals surface area contributed by atoms with Crippen molar-refractivity contribution in [3.63, 3.8) is 0 Å². The Kier molecular flexibility index (Phi) is 6.99. The first-order chi connectivity index (χ1) is 14.4. The van der Waals surface area contributed by atoms with Crippen LogP contribution in [0.3, 0.4) is 0 Å². The molecule has 162 valence electrons. The first-order valence-electron chi connectivity index (χ1n) is 9.96. The van der Waals surface area contributed by atoms with Crippen LogP contribution in [0.25, 0.3) is 0 Å². The van der Waals surface area contributed by atoms with E-state index in [9.17, 15) is 8.42 Å². The van der Waals surface area contributed by atoms with E-state index in [1.807, 2.05) is 24.3 Å². The fourth-order valence-electron chi connectivity index (χ4n) is 3.71. The van der Waals surface area contributed by atoms with Crippen LogP contribution in [-0.2, 0) is 16.6 Å². The quantitative estimate of drug-likeness (QED) is 0.563. The molecule has 2 aromatic carbocycles. The molecule has 1 heterocycles. The van der Waals surface area contributed by atoms with Crippen LogP contribution in [0.1, 0.15) is 23.5 Å². The van der Waals surface area contributed by atoms with Gasteiger partial charge in [0.05, 0.1) is 12.0 Å². The predicted octanol–water partition coefficient (Wildman–Crippen LogP) is 2.51. The molecule has 1 atom stereocenters. The molecule has 0 aliphatic carbocycles. The molecule has 7 nitrogen and oxygen atoms in total. The van der Waals surface area contributed by atoms with Crippen molar-refractivity contribution in [2.24, 2.45) is 4.99 Å². The molecular formula is C22H30N4O3S. The summed E-state index contributed by atoms with van der Waals surface area (Å²) in [5.41, 5.74) is 2.01. The van der Waals surface area contributed by atoms with Crippen LogP contribution in [0, 0.1) is 0 Å². The van der Waals surface area contributed by atoms with Gasteiger partial charge in [0.2, 0.25) is 10.0 Å². The van der Waals surface area contributed by atoms with Crippen LogP contribution in [0.4, 0.5) is 0 Å². The predicted molar refractivity (Wildman–Crippen MR) is 119 cm³/mol. The van der Waals surface area contributed by atoms with E-state index in [4.69, 9.17) is 4.74 Å². The van der Waals surface area contributed by atoms with E-state index in [0.717, 1.165) is 36.8 Å². The van der Waals surface area contributed by atoms with Gasteiger partial charge >= 0.3 is 0 Å². The lowest BCUT2D eigenvalue weighted by atomic mass is 9.98. The maximum atomic E-state index is 12.6. The summed E-state index contributed by atoms with van der Waals surface area (Å²) in [5.74, 6) is 2.07. The molecule has 1 unspecified atom stereocenters. The van der Waals surface area contributed by atoms with Gasteiger partial charge in [-0.25, -0.2) is 12.7 Å². The molecule has 0 spiro atoms. The fraction of sp³-hybridized carbons (Fsp3) is 0.409. The van der Waals surface area contributed by atoms with Crippen molar-refractivity contribution in [2.45, 2.75) is 23.8 Å². The highest BCUT2D eigenvalue weighted by Gasteiger charge is 2.26. The fourth-order valence-corrected chi connectivity index (χ4v) is 4.82. The summed E-state index contributed by atoms with van der Waals surface area (Å²) in [7, 11) is 3.01. The van der Waals surface area contributed by atoms with Gasteiger partial charge in [0.15, 0.2) is 5.96 Å². The molecule has 0 amide bonds. The third kappa shape index (κ3) is 4.76. The van der Waals surface area contributed by atoms with E-state index >= 15 is 0 Å². The Morgan fingerprint density at radius 3 is 2.53 bits per heavy atom. The summed E-state index contributed by atoms with van der Waals surface area (Å²) in [5, 5.41) is 3.34. The smallest absolute Gasteiger partial charge is 0.242 e. The number of sulfonamides is 1. The summed E-state index contributed by atoms with van der Waals surface area (Å²) >= 11 is 0. The maximum Gasteiger partial charge on any atom is 0.242 e. The molecule has 0 saturated carbocycles. The number of aliphatic imine (C=N–C) groups is 1. The van der Waals surface area contributed by atoms with Gasteiger partial charge in [-0.15, -0.1) is 0 Å². The normalized spacial score (nSPS) is 17.4. The van der Waals surface area contributed by atoms with Crippen molar-refractivity contribution < 1.29 is 13.2 Å². The number of ether oxygens (including phenoxy) is 1. The van der Waals surface area contributed by atoms with Crippen LogP contribution in [-0.4, -0.2) is 64.9 Å². The van der Waals surface area contributed by atoms with E-state index in [0.29, 0.717) is 17.4 Å². The summed E-state index contributed by atoms with van der Waals surface area (Å²) in [6, 6.07) is 15.3. The van der Waals surface area contributed by atoms with E-state index in [2.05, 4.69) is 27.3 Å². The van der Waals surface area contributed by atoms with Gasteiger partial charge in [0.1, 0.15) is 5.75 Å². The summed E-state index contributed by atoms with van der Waals surface area (Å²) in [6.07, 6.45) is 1.04. The number of hydrogen-bond donors (Lipinski definition) is 1. The minimum absolute atomic E-state index is 0.315. The van der Waals surface area contributed by atoms with Gasteiger partial charge < -0.3 is 15.0 Å². The van der Waals surface area contributed by atoms with Gasteiger partial charge in [0, 0.05) is 46.7 Å². The van der Waals surface area contributed by atoms with Crippen molar-refractivity contribution in [2.75, 3.05) is 41.3 Å². The lowest BCUT2D eigenvalue weighted by molar-refractivity contribution is 0.414. The molecule has 30 heavy (non-hydrogen) atoms. The molecule has 1 aliphatic heterocycles. The minimum Gasteiger partial charge on any atom is -0.497 e. The topological polar surface area (TPSA) is 74.2 Å². The Hall–Kier alpha value is -2.58. The summed E-state index contributed by atoms with van der Waals surface area (Å²) in [4.78, 5) is 6.95. The van der Waals surface area contributed by atoms with E-state index in [-0.39, 0.29) is 0 Å². The number of nitrogens with one attached hydrogen (secondary N) is 1.